The first-order valence-electron chi connectivity index (χ1n) is 7.04. The summed E-state index contributed by atoms with van der Waals surface area (Å²) in [6.07, 6.45) is 8.15. The van der Waals surface area contributed by atoms with Crippen LogP contribution in [-0.2, 0) is 18.3 Å². The van der Waals surface area contributed by atoms with Gasteiger partial charge < -0.3 is 5.11 Å². The third kappa shape index (κ3) is 2.81. The lowest BCUT2D eigenvalue weighted by molar-refractivity contribution is -0.150. The molecule has 2 rings (SSSR count). The van der Waals surface area contributed by atoms with E-state index in [0.29, 0.717) is 0 Å². The molecule has 0 aromatic carbocycles. The first kappa shape index (κ1) is 14.1. The van der Waals surface area contributed by atoms with E-state index in [-0.39, 0.29) is 0 Å². The molecule has 0 spiro atoms. The second-order valence-corrected chi connectivity index (χ2v) is 5.45. The van der Waals surface area contributed by atoms with E-state index in [1.54, 1.807) is 4.68 Å². The minimum absolute atomic E-state index is 0.628. The van der Waals surface area contributed by atoms with Crippen molar-refractivity contribution in [1.82, 2.24) is 14.7 Å². The molecule has 0 aliphatic carbocycles. The molecule has 1 aromatic heterocycles. The van der Waals surface area contributed by atoms with Crippen molar-refractivity contribution < 1.29 is 9.90 Å². The van der Waals surface area contributed by atoms with Crippen molar-refractivity contribution >= 4 is 5.97 Å². The standard InChI is InChI=1S/C14H23N3O2/c1-3-6-14(13(18)19)7-4-8-17(14)9-5-12-10-15-16(2)11-12/h10-11H,3-9H2,1-2H3,(H,18,19). The molecule has 1 saturated heterocycles. The summed E-state index contributed by atoms with van der Waals surface area (Å²) in [4.78, 5) is 13.8. The SMILES string of the molecule is CCCC1(C(=O)O)CCCN1CCc1cnn(C)c1. The Hall–Kier alpha value is -1.36. The normalized spacial score (nSPS) is 23.9. The lowest BCUT2D eigenvalue weighted by Crippen LogP contribution is -2.51. The first-order chi connectivity index (χ1) is 9.08. The summed E-state index contributed by atoms with van der Waals surface area (Å²) in [6.45, 7) is 3.76. The Morgan fingerprint density at radius 2 is 2.37 bits per heavy atom. The average molecular weight is 265 g/mol. The maximum absolute atomic E-state index is 11.7. The van der Waals surface area contributed by atoms with E-state index in [9.17, 15) is 9.90 Å². The van der Waals surface area contributed by atoms with Gasteiger partial charge in [-0.05, 0) is 37.8 Å². The average Bonchev–Trinajstić information content (AvgIpc) is 2.94. The highest BCUT2D eigenvalue weighted by Crippen LogP contribution is 2.34. The Morgan fingerprint density at radius 1 is 1.58 bits per heavy atom. The highest BCUT2D eigenvalue weighted by molar-refractivity contribution is 5.79. The molecule has 1 fully saturated rings. The number of aryl methyl sites for hydroxylation is 1. The van der Waals surface area contributed by atoms with Crippen LogP contribution in [0.3, 0.4) is 0 Å². The Bertz CT molecular complexity index is 444. The van der Waals surface area contributed by atoms with Crippen LogP contribution in [0.25, 0.3) is 0 Å². The number of hydrogen-bond donors (Lipinski definition) is 1. The number of aromatic nitrogens is 2. The summed E-state index contributed by atoms with van der Waals surface area (Å²) >= 11 is 0. The van der Waals surface area contributed by atoms with Crippen LogP contribution in [0.2, 0.25) is 0 Å². The second-order valence-electron chi connectivity index (χ2n) is 5.45. The fraction of sp³-hybridized carbons (Fsp3) is 0.714. The minimum atomic E-state index is -0.655. The van der Waals surface area contributed by atoms with E-state index in [1.807, 2.05) is 19.4 Å². The van der Waals surface area contributed by atoms with Gasteiger partial charge in [-0.25, -0.2) is 0 Å². The molecule has 5 heteroatoms. The van der Waals surface area contributed by atoms with E-state index in [4.69, 9.17) is 0 Å². The van der Waals surface area contributed by atoms with Crippen LogP contribution >= 0.6 is 0 Å². The van der Waals surface area contributed by atoms with Gasteiger partial charge in [-0.1, -0.05) is 13.3 Å². The van der Waals surface area contributed by atoms with E-state index in [0.717, 1.165) is 45.2 Å². The van der Waals surface area contributed by atoms with Gasteiger partial charge in [0.2, 0.25) is 0 Å². The summed E-state index contributed by atoms with van der Waals surface area (Å²) in [7, 11) is 1.90. The van der Waals surface area contributed by atoms with Crippen LogP contribution in [-0.4, -0.2) is 44.4 Å². The molecular formula is C14H23N3O2. The Kier molecular flexibility index (Phi) is 4.24. The van der Waals surface area contributed by atoms with Gasteiger partial charge in [0.05, 0.1) is 6.20 Å². The molecule has 0 bridgehead atoms. The van der Waals surface area contributed by atoms with Gasteiger partial charge >= 0.3 is 5.97 Å². The van der Waals surface area contributed by atoms with Gasteiger partial charge in [0, 0.05) is 19.8 Å². The Balaban J connectivity index is 2.03. The van der Waals surface area contributed by atoms with Crippen LogP contribution in [0.4, 0.5) is 0 Å². The third-order valence-corrected chi connectivity index (χ3v) is 4.11. The van der Waals surface area contributed by atoms with Crippen molar-refractivity contribution in [3.63, 3.8) is 0 Å². The zero-order valence-corrected chi connectivity index (χ0v) is 11.8. The summed E-state index contributed by atoms with van der Waals surface area (Å²) in [6, 6.07) is 0. The van der Waals surface area contributed by atoms with Crippen LogP contribution in [0.5, 0.6) is 0 Å². The van der Waals surface area contributed by atoms with Crippen LogP contribution in [0.15, 0.2) is 12.4 Å². The number of carbonyl (C=O) groups is 1. The molecule has 2 heterocycles. The molecule has 1 aliphatic rings. The lowest BCUT2D eigenvalue weighted by atomic mass is 9.90. The molecule has 1 aliphatic heterocycles. The van der Waals surface area contributed by atoms with Crippen molar-refractivity contribution in [2.75, 3.05) is 13.1 Å². The Labute approximate surface area is 114 Å². The smallest absolute Gasteiger partial charge is 0.324 e. The Morgan fingerprint density at radius 3 is 2.95 bits per heavy atom. The van der Waals surface area contributed by atoms with E-state index in [1.165, 1.54) is 5.56 Å². The number of likely N-dealkylation sites (tertiary alicyclic amines) is 1. The summed E-state index contributed by atoms with van der Waals surface area (Å²) in [5, 5.41) is 13.8. The number of carboxylic acids is 1. The molecule has 1 unspecified atom stereocenters. The van der Waals surface area contributed by atoms with E-state index >= 15 is 0 Å². The van der Waals surface area contributed by atoms with Gasteiger partial charge in [0.1, 0.15) is 5.54 Å². The lowest BCUT2D eigenvalue weighted by Gasteiger charge is -2.34. The third-order valence-electron chi connectivity index (χ3n) is 4.11. The number of nitrogens with zero attached hydrogens (tertiary/aromatic N) is 3. The van der Waals surface area contributed by atoms with Gasteiger partial charge in [-0.2, -0.15) is 5.10 Å². The van der Waals surface area contributed by atoms with E-state index < -0.39 is 11.5 Å². The fourth-order valence-corrected chi connectivity index (χ4v) is 3.17. The second kappa shape index (κ2) is 5.74. The predicted molar refractivity (Wildman–Crippen MR) is 73.0 cm³/mol. The van der Waals surface area contributed by atoms with Crippen LogP contribution in [0.1, 0.15) is 38.2 Å². The van der Waals surface area contributed by atoms with Crippen molar-refractivity contribution in [2.45, 2.75) is 44.6 Å². The predicted octanol–water partition coefficient (Wildman–Crippen LogP) is 1.68. The van der Waals surface area contributed by atoms with Crippen molar-refractivity contribution in [3.05, 3.63) is 18.0 Å². The number of rotatable bonds is 6. The zero-order valence-electron chi connectivity index (χ0n) is 11.8. The highest BCUT2D eigenvalue weighted by Gasteiger charge is 2.46. The zero-order chi connectivity index (χ0) is 13.9. The van der Waals surface area contributed by atoms with E-state index in [2.05, 4.69) is 16.9 Å². The molecule has 1 N–H and O–H groups in total. The molecule has 0 radical (unpaired) electrons. The maximum atomic E-state index is 11.7. The molecule has 0 saturated carbocycles. The monoisotopic (exact) mass is 265 g/mol. The molecule has 1 aromatic rings. The first-order valence-corrected chi connectivity index (χ1v) is 7.04. The van der Waals surface area contributed by atoms with Crippen molar-refractivity contribution in [3.8, 4) is 0 Å². The highest BCUT2D eigenvalue weighted by atomic mass is 16.4. The van der Waals surface area contributed by atoms with Crippen molar-refractivity contribution in [2.24, 2.45) is 7.05 Å². The summed E-state index contributed by atoms with van der Waals surface area (Å²) in [5.74, 6) is -0.655. The summed E-state index contributed by atoms with van der Waals surface area (Å²) in [5.41, 5.74) is 0.543. The quantitative estimate of drug-likeness (QED) is 0.850. The number of carboxylic acid groups (broad SMARTS) is 1. The number of aliphatic carboxylic acids is 1. The minimum Gasteiger partial charge on any atom is -0.480 e. The molecule has 19 heavy (non-hydrogen) atoms. The number of hydrogen-bond acceptors (Lipinski definition) is 3. The van der Waals surface area contributed by atoms with Gasteiger partial charge in [-0.15, -0.1) is 0 Å². The molecule has 1 atom stereocenters. The summed E-state index contributed by atoms with van der Waals surface area (Å²) < 4.78 is 1.79. The molecule has 0 amide bonds. The van der Waals surface area contributed by atoms with Gasteiger partial charge in [0.25, 0.3) is 0 Å². The largest absolute Gasteiger partial charge is 0.480 e. The van der Waals surface area contributed by atoms with Gasteiger partial charge in [0.15, 0.2) is 0 Å². The fourth-order valence-electron chi connectivity index (χ4n) is 3.17. The van der Waals surface area contributed by atoms with Crippen LogP contribution < -0.4 is 0 Å². The molecule has 5 nitrogen and oxygen atoms in total. The van der Waals surface area contributed by atoms with Gasteiger partial charge in [-0.3, -0.25) is 14.4 Å². The maximum Gasteiger partial charge on any atom is 0.324 e. The molecule has 106 valence electrons. The molecular weight excluding hydrogens is 242 g/mol. The van der Waals surface area contributed by atoms with Crippen molar-refractivity contribution in [1.29, 1.82) is 0 Å². The topological polar surface area (TPSA) is 58.4 Å². The van der Waals surface area contributed by atoms with Crippen LogP contribution in [0, 0.1) is 0 Å².